The maximum absolute atomic E-state index is 10.2. The molecule has 2 aliphatic heterocycles. The molecule has 0 unspecified atom stereocenters. The maximum atomic E-state index is 10.2. The van der Waals surface area contributed by atoms with Gasteiger partial charge in [-0.2, -0.15) is 0 Å². The molecule has 6 rings (SSSR count). The number of H-pyrrole nitrogens is 2. The molecule has 160 valence electrons. The van der Waals surface area contributed by atoms with Crippen LogP contribution in [0.3, 0.4) is 0 Å². The number of aromatic nitrogens is 4. The van der Waals surface area contributed by atoms with Crippen molar-refractivity contribution in [1.82, 2.24) is 19.9 Å². The highest BCUT2D eigenvalue weighted by molar-refractivity contribution is 9.11. The van der Waals surface area contributed by atoms with Gasteiger partial charge in [0.1, 0.15) is 5.75 Å². The van der Waals surface area contributed by atoms with Crippen LogP contribution in [0.1, 0.15) is 22.8 Å². The summed E-state index contributed by atoms with van der Waals surface area (Å²) < 4.78 is 1.24. The standard InChI is InChI=1S/C26H16Br2N4O/c27-23-7-14(8-24(28)26(23)33)22-12-21-11-19-4-3-17(30-19)9-15-1-2-16(29-15)10-18-5-6-20(31-18)13-25(22)32-21/h1-13,29,32-33H. The lowest BCUT2D eigenvalue weighted by Gasteiger charge is -2.05. The first kappa shape index (κ1) is 20.2. The molecule has 1 aromatic carbocycles. The minimum absolute atomic E-state index is 0.173. The fraction of sp³-hybridized carbons (Fsp3) is 0. The number of phenols is 1. The number of benzene rings is 1. The summed E-state index contributed by atoms with van der Waals surface area (Å²) in [7, 11) is 0. The summed E-state index contributed by atoms with van der Waals surface area (Å²) in [4.78, 5) is 16.4. The largest absolute Gasteiger partial charge is 0.506 e. The Morgan fingerprint density at radius 3 is 1.70 bits per heavy atom. The number of aromatic amines is 2. The van der Waals surface area contributed by atoms with E-state index in [1.54, 1.807) is 0 Å². The first-order chi connectivity index (χ1) is 16.0. The predicted octanol–water partition coefficient (Wildman–Crippen LogP) is 7.55. The number of hydrogen-bond donors (Lipinski definition) is 3. The molecule has 5 nitrogen and oxygen atoms in total. The number of halogens is 2. The van der Waals surface area contributed by atoms with Gasteiger partial charge in [0.2, 0.25) is 0 Å². The first-order valence-electron chi connectivity index (χ1n) is 10.3. The Hall–Kier alpha value is -3.42. The second-order valence-corrected chi connectivity index (χ2v) is 9.59. The molecule has 0 radical (unpaired) electrons. The highest BCUT2D eigenvalue weighted by atomic mass is 79.9. The van der Waals surface area contributed by atoms with Crippen molar-refractivity contribution in [3.63, 3.8) is 0 Å². The third-order valence-corrected chi connectivity index (χ3v) is 6.71. The Kier molecular flexibility index (Phi) is 4.81. The van der Waals surface area contributed by atoms with Crippen LogP contribution in [0.15, 0.2) is 63.5 Å². The van der Waals surface area contributed by atoms with Gasteiger partial charge in [-0.15, -0.1) is 0 Å². The minimum atomic E-state index is 0.173. The SMILES string of the molecule is Oc1c(Br)cc(-c2cc3cc4nc(cc5ccc(cc6nc(cc2[nH]3)C=C6)[nH]5)C=C4)cc1Br. The highest BCUT2D eigenvalue weighted by Crippen LogP contribution is 2.38. The van der Waals surface area contributed by atoms with E-state index in [1.165, 1.54) is 0 Å². The number of phenolic OH excluding ortho intramolecular Hbond substituents is 1. The molecule has 2 aliphatic rings. The van der Waals surface area contributed by atoms with Crippen LogP contribution in [0.5, 0.6) is 5.75 Å². The second kappa shape index (κ2) is 7.86. The number of hydrogen-bond acceptors (Lipinski definition) is 3. The normalized spacial score (nSPS) is 12.4. The van der Waals surface area contributed by atoms with Gasteiger partial charge in [-0.3, -0.25) is 0 Å². The average Bonchev–Trinajstić information content (AvgIpc) is 3.56. The van der Waals surface area contributed by atoms with Crippen molar-refractivity contribution in [2.75, 3.05) is 0 Å². The molecule has 0 saturated carbocycles. The van der Waals surface area contributed by atoms with Crippen LogP contribution in [0, 0.1) is 0 Å². The van der Waals surface area contributed by atoms with E-state index in [4.69, 9.17) is 9.97 Å². The second-order valence-electron chi connectivity index (χ2n) is 7.88. The maximum Gasteiger partial charge on any atom is 0.143 e. The van der Waals surface area contributed by atoms with Crippen molar-refractivity contribution < 1.29 is 5.11 Å². The number of nitrogens with one attached hydrogen (secondary N) is 2. The van der Waals surface area contributed by atoms with Crippen molar-refractivity contribution in [3.8, 4) is 16.9 Å². The van der Waals surface area contributed by atoms with Gasteiger partial charge in [0.15, 0.2) is 0 Å². The zero-order valence-electron chi connectivity index (χ0n) is 17.1. The molecular formula is C26H16Br2N4O. The van der Waals surface area contributed by atoms with Gasteiger partial charge in [-0.05, 0) is 116 Å². The summed E-state index contributed by atoms with van der Waals surface area (Å²) >= 11 is 6.89. The van der Waals surface area contributed by atoms with Crippen molar-refractivity contribution >= 4 is 78.2 Å². The molecule has 33 heavy (non-hydrogen) atoms. The van der Waals surface area contributed by atoms with Gasteiger partial charge in [-0.1, -0.05) is 0 Å². The third-order valence-electron chi connectivity index (χ3n) is 5.50. The van der Waals surface area contributed by atoms with Crippen LogP contribution >= 0.6 is 31.9 Å². The molecule has 4 aromatic rings. The molecule has 3 N–H and O–H groups in total. The van der Waals surface area contributed by atoms with E-state index >= 15 is 0 Å². The smallest absolute Gasteiger partial charge is 0.143 e. The monoisotopic (exact) mass is 558 g/mol. The van der Waals surface area contributed by atoms with E-state index in [0.717, 1.165) is 56.0 Å². The topological polar surface area (TPSA) is 77.6 Å². The lowest BCUT2D eigenvalue weighted by molar-refractivity contribution is 0.468. The van der Waals surface area contributed by atoms with E-state index in [-0.39, 0.29) is 5.75 Å². The third kappa shape index (κ3) is 3.94. The molecule has 8 bridgehead atoms. The van der Waals surface area contributed by atoms with Gasteiger partial charge >= 0.3 is 0 Å². The molecule has 7 heteroatoms. The Bertz CT molecular complexity index is 1640. The number of rotatable bonds is 1. The summed E-state index contributed by atoms with van der Waals surface area (Å²) in [5.41, 5.74) is 9.25. The summed E-state index contributed by atoms with van der Waals surface area (Å²) in [5, 5.41) is 10.2. The Morgan fingerprint density at radius 2 is 1.12 bits per heavy atom. The summed E-state index contributed by atoms with van der Waals surface area (Å²) in [6, 6.07) is 18.1. The molecule has 0 saturated heterocycles. The summed E-state index contributed by atoms with van der Waals surface area (Å²) in [6.45, 7) is 0. The van der Waals surface area contributed by atoms with Crippen molar-refractivity contribution in [3.05, 3.63) is 86.3 Å². The predicted molar refractivity (Wildman–Crippen MR) is 141 cm³/mol. The van der Waals surface area contributed by atoms with Gasteiger partial charge in [0.05, 0.1) is 31.7 Å². The summed E-state index contributed by atoms with van der Waals surface area (Å²) in [5.74, 6) is 0.173. The minimum Gasteiger partial charge on any atom is -0.506 e. The fourth-order valence-electron chi connectivity index (χ4n) is 3.98. The van der Waals surface area contributed by atoms with Gasteiger partial charge in [0.25, 0.3) is 0 Å². The Morgan fingerprint density at radius 1 is 0.606 bits per heavy atom. The fourth-order valence-corrected chi connectivity index (χ4v) is 5.16. The average molecular weight is 560 g/mol. The molecule has 0 aliphatic carbocycles. The van der Waals surface area contributed by atoms with E-state index < -0.39 is 0 Å². The Balaban J connectivity index is 1.67. The van der Waals surface area contributed by atoms with Gasteiger partial charge < -0.3 is 15.1 Å². The first-order valence-corrected chi connectivity index (χ1v) is 11.9. The van der Waals surface area contributed by atoms with E-state index in [0.29, 0.717) is 8.95 Å². The van der Waals surface area contributed by atoms with Crippen LogP contribution in [0.25, 0.3) is 57.5 Å². The van der Waals surface area contributed by atoms with Crippen LogP contribution in [-0.2, 0) is 0 Å². The molecule has 0 amide bonds. The van der Waals surface area contributed by atoms with Crippen LogP contribution in [0.2, 0.25) is 0 Å². The Labute approximate surface area is 205 Å². The van der Waals surface area contributed by atoms with E-state index in [2.05, 4.69) is 47.9 Å². The van der Waals surface area contributed by atoms with Crippen LogP contribution < -0.4 is 0 Å². The molecule has 0 spiro atoms. The van der Waals surface area contributed by atoms with Gasteiger partial charge in [0, 0.05) is 27.6 Å². The lowest BCUT2D eigenvalue weighted by Crippen LogP contribution is -1.80. The molecule has 0 atom stereocenters. The number of fused-ring (bicyclic) bond motifs is 8. The molecular weight excluding hydrogens is 544 g/mol. The van der Waals surface area contributed by atoms with Gasteiger partial charge in [-0.25, -0.2) is 9.97 Å². The van der Waals surface area contributed by atoms with E-state index in [1.807, 2.05) is 72.8 Å². The molecule has 0 fully saturated rings. The lowest BCUT2D eigenvalue weighted by atomic mass is 10.1. The highest BCUT2D eigenvalue weighted by Gasteiger charge is 2.11. The summed E-state index contributed by atoms with van der Waals surface area (Å²) in [6.07, 6.45) is 8.01. The van der Waals surface area contributed by atoms with Crippen LogP contribution in [-0.4, -0.2) is 25.0 Å². The zero-order valence-corrected chi connectivity index (χ0v) is 20.3. The van der Waals surface area contributed by atoms with E-state index in [9.17, 15) is 5.11 Å². The quantitative estimate of drug-likeness (QED) is 0.194. The number of aromatic hydroxyl groups is 1. The zero-order chi connectivity index (χ0) is 22.5. The van der Waals surface area contributed by atoms with Crippen LogP contribution in [0.4, 0.5) is 0 Å². The molecule has 3 aromatic heterocycles. The molecule has 5 heterocycles. The van der Waals surface area contributed by atoms with Crippen molar-refractivity contribution in [2.24, 2.45) is 0 Å². The van der Waals surface area contributed by atoms with Crippen molar-refractivity contribution in [2.45, 2.75) is 0 Å². The van der Waals surface area contributed by atoms with Crippen molar-refractivity contribution in [1.29, 1.82) is 0 Å². The number of nitrogens with zero attached hydrogens (tertiary/aromatic N) is 2.